The molecule has 7 heteroatoms. The van der Waals surface area contributed by atoms with E-state index in [1.807, 2.05) is 12.1 Å². The Morgan fingerprint density at radius 3 is 2.41 bits per heavy atom. The minimum atomic E-state index is -3.24. The summed E-state index contributed by atoms with van der Waals surface area (Å²) in [5.41, 5.74) is 2.14. The third-order valence-corrected chi connectivity index (χ3v) is 10.6. The number of hydrogen-bond acceptors (Lipinski definition) is 3. The fourth-order valence-corrected chi connectivity index (χ4v) is 8.02. The number of likely N-dealkylation sites (tertiary alicyclic amines) is 1. The van der Waals surface area contributed by atoms with Crippen LogP contribution < -0.4 is 4.72 Å². The number of benzene rings is 1. The molecule has 2 atom stereocenters. The van der Waals surface area contributed by atoms with E-state index in [0.29, 0.717) is 36.3 Å². The van der Waals surface area contributed by atoms with Crippen LogP contribution in [0.3, 0.4) is 0 Å². The maximum absolute atomic E-state index is 13.3. The van der Waals surface area contributed by atoms with Crippen molar-refractivity contribution in [1.29, 1.82) is 0 Å². The van der Waals surface area contributed by atoms with E-state index in [1.165, 1.54) is 5.56 Å². The lowest BCUT2D eigenvalue weighted by Gasteiger charge is -2.29. The molecule has 4 nitrogen and oxygen atoms in total. The highest BCUT2D eigenvalue weighted by atomic mass is 32.2. The third kappa shape index (κ3) is 4.31. The number of anilines is 1. The SMILES string of the molecule is CCC1(c2cccc(NS(=O)(=O)C3CC3)c2)C2CN(CCCC3CCC(F)(F)CC3)CC21. The number of nitrogens with one attached hydrogen (secondary N) is 1. The predicted molar refractivity (Wildman–Crippen MR) is 124 cm³/mol. The zero-order chi connectivity index (χ0) is 22.6. The second-order valence-electron chi connectivity index (χ2n) is 10.7. The van der Waals surface area contributed by atoms with E-state index in [2.05, 4.69) is 28.7 Å². The van der Waals surface area contributed by atoms with Crippen molar-refractivity contribution in [3.05, 3.63) is 29.8 Å². The molecule has 3 aliphatic carbocycles. The molecule has 1 heterocycles. The van der Waals surface area contributed by atoms with Gasteiger partial charge >= 0.3 is 0 Å². The van der Waals surface area contributed by atoms with Gasteiger partial charge in [-0.1, -0.05) is 19.1 Å². The maximum Gasteiger partial charge on any atom is 0.248 e. The fraction of sp³-hybridized carbons (Fsp3) is 0.760. The fourth-order valence-electron chi connectivity index (χ4n) is 6.65. The van der Waals surface area contributed by atoms with Crippen LogP contribution in [0.4, 0.5) is 14.5 Å². The molecule has 0 amide bonds. The van der Waals surface area contributed by atoms with Gasteiger partial charge < -0.3 is 4.90 Å². The third-order valence-electron chi connectivity index (χ3n) is 8.74. The summed E-state index contributed by atoms with van der Waals surface area (Å²) in [6, 6.07) is 8.07. The van der Waals surface area contributed by atoms with E-state index >= 15 is 0 Å². The van der Waals surface area contributed by atoms with Gasteiger partial charge in [0.25, 0.3) is 0 Å². The molecule has 1 N–H and O–H groups in total. The lowest BCUT2D eigenvalue weighted by atomic mass is 9.84. The number of sulfonamides is 1. The largest absolute Gasteiger partial charge is 0.303 e. The van der Waals surface area contributed by atoms with Crippen LogP contribution in [0.5, 0.6) is 0 Å². The molecule has 0 aromatic heterocycles. The summed E-state index contributed by atoms with van der Waals surface area (Å²) in [5.74, 6) is -0.679. The van der Waals surface area contributed by atoms with Gasteiger partial charge in [0.05, 0.1) is 5.25 Å². The van der Waals surface area contributed by atoms with Crippen molar-refractivity contribution in [2.45, 2.75) is 81.3 Å². The highest BCUT2D eigenvalue weighted by Crippen LogP contribution is 2.65. The number of rotatable bonds is 9. The Bertz CT molecular complexity index is 925. The monoisotopic (exact) mass is 466 g/mol. The first-order valence-corrected chi connectivity index (χ1v) is 14.0. The summed E-state index contributed by atoms with van der Waals surface area (Å²) in [7, 11) is -3.24. The average molecular weight is 467 g/mol. The van der Waals surface area contributed by atoms with E-state index in [1.54, 1.807) is 0 Å². The second-order valence-corrected chi connectivity index (χ2v) is 12.7. The molecule has 1 aliphatic heterocycles. The predicted octanol–water partition coefficient (Wildman–Crippen LogP) is 5.41. The molecular formula is C25H36F2N2O2S. The molecular weight excluding hydrogens is 430 g/mol. The van der Waals surface area contributed by atoms with E-state index < -0.39 is 15.9 Å². The van der Waals surface area contributed by atoms with Crippen LogP contribution in [-0.4, -0.2) is 44.1 Å². The summed E-state index contributed by atoms with van der Waals surface area (Å²) >= 11 is 0. The first kappa shape index (κ1) is 22.6. The smallest absolute Gasteiger partial charge is 0.248 e. The standard InChI is InChI=1S/C25H36F2N2O2S/c1-2-25(19-6-3-7-20(15-19)28-32(30,31)21-8-9-21)22-16-29(17-23(22)25)14-4-5-18-10-12-24(26,27)13-11-18/h3,6-7,15,18,21-23,28H,2,4-5,8-14,16-17H2,1H3. The number of hydrogen-bond donors (Lipinski definition) is 1. The first-order chi connectivity index (χ1) is 15.2. The van der Waals surface area contributed by atoms with Gasteiger partial charge in [-0.05, 0) is 86.9 Å². The van der Waals surface area contributed by atoms with Gasteiger partial charge in [-0.25, -0.2) is 17.2 Å². The molecule has 1 aromatic carbocycles. The summed E-state index contributed by atoms with van der Waals surface area (Å²) in [4.78, 5) is 2.56. The minimum absolute atomic E-state index is 0.0699. The Hall–Kier alpha value is -1.21. The summed E-state index contributed by atoms with van der Waals surface area (Å²) in [6.45, 7) is 5.52. The Kier molecular flexibility index (Phi) is 5.80. The lowest BCUT2D eigenvalue weighted by molar-refractivity contribution is -0.0468. The van der Waals surface area contributed by atoms with Gasteiger partial charge in [0.1, 0.15) is 0 Å². The van der Waals surface area contributed by atoms with Crippen molar-refractivity contribution in [1.82, 2.24) is 4.90 Å². The minimum Gasteiger partial charge on any atom is -0.303 e. The lowest BCUT2D eigenvalue weighted by Crippen LogP contribution is -2.31. The summed E-state index contributed by atoms with van der Waals surface area (Å²) < 4.78 is 54.2. The Morgan fingerprint density at radius 1 is 1.09 bits per heavy atom. The Labute approximate surface area is 191 Å². The van der Waals surface area contributed by atoms with Gasteiger partial charge in [0.2, 0.25) is 15.9 Å². The van der Waals surface area contributed by atoms with Gasteiger partial charge in [-0.15, -0.1) is 0 Å². The molecule has 3 saturated carbocycles. The van der Waals surface area contributed by atoms with Crippen molar-refractivity contribution in [2.24, 2.45) is 17.8 Å². The number of nitrogens with zero attached hydrogens (tertiary/aromatic N) is 1. The molecule has 32 heavy (non-hydrogen) atoms. The molecule has 4 fully saturated rings. The van der Waals surface area contributed by atoms with Crippen molar-refractivity contribution in [3.8, 4) is 0 Å². The van der Waals surface area contributed by atoms with Crippen molar-refractivity contribution in [2.75, 3.05) is 24.4 Å². The average Bonchev–Trinajstić information content (AvgIpc) is 3.66. The summed E-state index contributed by atoms with van der Waals surface area (Å²) in [5, 5.41) is -0.217. The zero-order valence-electron chi connectivity index (χ0n) is 19.0. The zero-order valence-corrected chi connectivity index (χ0v) is 19.8. The quantitative estimate of drug-likeness (QED) is 0.530. The Balaban J connectivity index is 1.14. The molecule has 2 unspecified atom stereocenters. The van der Waals surface area contributed by atoms with Gasteiger partial charge in [-0.2, -0.15) is 0 Å². The van der Waals surface area contributed by atoms with E-state index in [0.717, 1.165) is 51.7 Å². The van der Waals surface area contributed by atoms with Gasteiger partial charge in [0, 0.05) is 37.0 Å². The number of fused-ring (bicyclic) bond motifs is 1. The van der Waals surface area contributed by atoms with E-state index in [4.69, 9.17) is 0 Å². The van der Waals surface area contributed by atoms with Crippen LogP contribution in [0.2, 0.25) is 0 Å². The highest BCUT2D eigenvalue weighted by molar-refractivity contribution is 7.93. The molecule has 5 rings (SSSR count). The molecule has 0 spiro atoms. The molecule has 178 valence electrons. The van der Waals surface area contributed by atoms with Crippen LogP contribution in [0.25, 0.3) is 0 Å². The normalized spacial score (nSPS) is 32.6. The topological polar surface area (TPSA) is 49.4 Å². The molecule has 0 bridgehead atoms. The molecule has 4 aliphatic rings. The van der Waals surface area contributed by atoms with Crippen LogP contribution in [0.1, 0.15) is 70.3 Å². The van der Waals surface area contributed by atoms with Gasteiger partial charge in [-0.3, -0.25) is 4.72 Å². The van der Waals surface area contributed by atoms with Crippen molar-refractivity contribution < 1.29 is 17.2 Å². The van der Waals surface area contributed by atoms with Crippen LogP contribution >= 0.6 is 0 Å². The molecule has 0 radical (unpaired) electrons. The van der Waals surface area contributed by atoms with E-state index in [-0.39, 0.29) is 23.5 Å². The van der Waals surface area contributed by atoms with E-state index in [9.17, 15) is 17.2 Å². The van der Waals surface area contributed by atoms with Crippen molar-refractivity contribution >= 4 is 15.7 Å². The molecule has 1 saturated heterocycles. The van der Waals surface area contributed by atoms with Gasteiger partial charge in [0.15, 0.2) is 0 Å². The maximum atomic E-state index is 13.3. The summed E-state index contributed by atoms with van der Waals surface area (Å²) in [6.07, 6.45) is 6.28. The van der Waals surface area contributed by atoms with Crippen molar-refractivity contribution in [3.63, 3.8) is 0 Å². The number of alkyl halides is 2. The van der Waals surface area contributed by atoms with Crippen LogP contribution in [0.15, 0.2) is 24.3 Å². The number of halogens is 2. The number of piperidine rings is 1. The first-order valence-electron chi connectivity index (χ1n) is 12.5. The Morgan fingerprint density at radius 2 is 1.78 bits per heavy atom. The van der Waals surface area contributed by atoms with Crippen LogP contribution in [0, 0.1) is 17.8 Å². The second kappa shape index (κ2) is 8.23. The molecule has 1 aromatic rings. The van der Waals surface area contributed by atoms with Crippen LogP contribution in [-0.2, 0) is 15.4 Å². The highest BCUT2D eigenvalue weighted by Gasteiger charge is 2.67.